The lowest BCUT2D eigenvalue weighted by Gasteiger charge is -2.26. The van der Waals surface area contributed by atoms with Crippen molar-refractivity contribution in [3.63, 3.8) is 0 Å². The minimum absolute atomic E-state index is 0.809. The van der Waals surface area contributed by atoms with Crippen LogP contribution < -0.4 is 4.90 Å². The van der Waals surface area contributed by atoms with E-state index in [1.165, 1.54) is 22.3 Å². The minimum Gasteiger partial charge on any atom is -0.454 e. The van der Waals surface area contributed by atoms with Crippen molar-refractivity contribution in [2.45, 2.75) is 0 Å². The molecule has 0 bridgehead atoms. The van der Waals surface area contributed by atoms with E-state index in [4.69, 9.17) is 9.40 Å². The Morgan fingerprint density at radius 3 is 1.50 bits per heavy atom. The molecule has 3 nitrogen and oxygen atoms in total. The van der Waals surface area contributed by atoms with Gasteiger partial charge in [0.25, 0.3) is 0 Å². The average molecular weight is 691 g/mol. The number of rotatable bonds is 7. The highest BCUT2D eigenvalue weighted by molar-refractivity contribution is 6.17. The fourth-order valence-electron chi connectivity index (χ4n) is 7.67. The molecule has 2 heterocycles. The summed E-state index contributed by atoms with van der Waals surface area (Å²) in [5.41, 5.74) is 14.6. The highest BCUT2D eigenvalue weighted by atomic mass is 16.3. The van der Waals surface area contributed by atoms with E-state index in [1.807, 2.05) is 6.07 Å². The quantitative estimate of drug-likeness (QED) is 0.167. The number of furan rings is 1. The van der Waals surface area contributed by atoms with Crippen LogP contribution in [0, 0.1) is 0 Å². The first-order valence-corrected chi connectivity index (χ1v) is 18.3. The Morgan fingerprint density at radius 2 is 0.889 bits per heavy atom. The molecule has 2 aromatic heterocycles. The SMILES string of the molecule is c1ccc(-c2ccc(N(c3ccc(-c4ccccc4)cc3)c3ccc(-c4cc(-c5ccccc5)c5ccccc5n4)c4c3oc3ccccc34)cc2)cc1. The van der Waals surface area contributed by atoms with Gasteiger partial charge in [-0.3, -0.25) is 0 Å². The fraction of sp³-hybridized carbons (Fsp3) is 0. The van der Waals surface area contributed by atoms with Crippen LogP contribution in [0.2, 0.25) is 0 Å². The Balaban J connectivity index is 1.19. The molecule has 0 radical (unpaired) electrons. The van der Waals surface area contributed by atoms with E-state index in [9.17, 15) is 0 Å². The Hall–Kier alpha value is -7.23. The topological polar surface area (TPSA) is 29.3 Å². The van der Waals surface area contributed by atoms with Crippen LogP contribution in [0.1, 0.15) is 0 Å². The number of fused-ring (bicyclic) bond motifs is 4. The Kier molecular flexibility index (Phi) is 7.81. The lowest BCUT2D eigenvalue weighted by molar-refractivity contribution is 0.669. The summed E-state index contributed by atoms with van der Waals surface area (Å²) in [6.07, 6.45) is 0. The van der Waals surface area contributed by atoms with Crippen molar-refractivity contribution in [3.05, 3.63) is 206 Å². The van der Waals surface area contributed by atoms with E-state index in [1.54, 1.807) is 0 Å². The second-order valence-electron chi connectivity index (χ2n) is 13.5. The van der Waals surface area contributed by atoms with Gasteiger partial charge in [0, 0.05) is 33.1 Å². The van der Waals surface area contributed by atoms with Gasteiger partial charge < -0.3 is 9.32 Å². The molecule has 0 saturated carbocycles. The van der Waals surface area contributed by atoms with E-state index in [-0.39, 0.29) is 0 Å². The summed E-state index contributed by atoms with van der Waals surface area (Å²) in [5.74, 6) is 0. The second kappa shape index (κ2) is 13.4. The number of para-hydroxylation sites is 2. The summed E-state index contributed by atoms with van der Waals surface area (Å²) in [4.78, 5) is 7.59. The molecule has 0 aliphatic heterocycles. The summed E-state index contributed by atoms with van der Waals surface area (Å²) >= 11 is 0. The summed E-state index contributed by atoms with van der Waals surface area (Å²) in [6.45, 7) is 0. The van der Waals surface area contributed by atoms with Crippen molar-refractivity contribution in [2.24, 2.45) is 0 Å². The van der Waals surface area contributed by atoms with Gasteiger partial charge in [-0.2, -0.15) is 0 Å². The maximum Gasteiger partial charge on any atom is 0.160 e. The number of hydrogen-bond donors (Lipinski definition) is 0. The summed E-state index contributed by atoms with van der Waals surface area (Å²) in [5, 5.41) is 3.22. The van der Waals surface area contributed by atoms with Crippen molar-refractivity contribution in [3.8, 4) is 44.6 Å². The molecule has 8 aromatic carbocycles. The predicted molar refractivity (Wildman–Crippen MR) is 225 cm³/mol. The molecule has 0 atom stereocenters. The number of anilines is 3. The van der Waals surface area contributed by atoms with Gasteiger partial charge in [0.2, 0.25) is 0 Å². The molecule has 0 saturated heterocycles. The van der Waals surface area contributed by atoms with Crippen molar-refractivity contribution in [2.75, 3.05) is 4.90 Å². The summed E-state index contributed by atoms with van der Waals surface area (Å²) in [6, 6.07) is 72.6. The van der Waals surface area contributed by atoms with Gasteiger partial charge in [-0.1, -0.05) is 152 Å². The molecule has 10 aromatic rings. The van der Waals surface area contributed by atoms with Gasteiger partial charge >= 0.3 is 0 Å². The summed E-state index contributed by atoms with van der Waals surface area (Å²) in [7, 11) is 0. The minimum atomic E-state index is 0.809. The van der Waals surface area contributed by atoms with E-state index in [0.717, 1.165) is 72.3 Å². The highest BCUT2D eigenvalue weighted by Crippen LogP contribution is 2.46. The Labute approximate surface area is 314 Å². The van der Waals surface area contributed by atoms with Crippen LogP contribution in [0.4, 0.5) is 17.1 Å². The van der Waals surface area contributed by atoms with Crippen LogP contribution in [0.5, 0.6) is 0 Å². The van der Waals surface area contributed by atoms with E-state index >= 15 is 0 Å². The molecule has 10 rings (SSSR count). The molecular weight excluding hydrogens is 657 g/mol. The number of nitrogens with zero attached hydrogens (tertiary/aromatic N) is 2. The predicted octanol–water partition coefficient (Wildman–Crippen LogP) is 14.3. The normalized spacial score (nSPS) is 11.3. The van der Waals surface area contributed by atoms with Crippen LogP contribution in [-0.4, -0.2) is 4.98 Å². The third-order valence-corrected chi connectivity index (χ3v) is 10.3. The van der Waals surface area contributed by atoms with Crippen molar-refractivity contribution in [1.82, 2.24) is 4.98 Å². The third-order valence-electron chi connectivity index (χ3n) is 10.3. The van der Waals surface area contributed by atoms with E-state index < -0.39 is 0 Å². The molecule has 0 aliphatic rings. The molecule has 0 aliphatic carbocycles. The molecule has 0 amide bonds. The molecule has 254 valence electrons. The van der Waals surface area contributed by atoms with Crippen LogP contribution in [0.3, 0.4) is 0 Å². The fourth-order valence-corrected chi connectivity index (χ4v) is 7.67. The van der Waals surface area contributed by atoms with Gasteiger partial charge in [-0.05, 0) is 88.0 Å². The molecule has 3 heteroatoms. The van der Waals surface area contributed by atoms with E-state index in [0.29, 0.717) is 0 Å². The number of pyridine rings is 1. The van der Waals surface area contributed by atoms with Crippen molar-refractivity contribution in [1.29, 1.82) is 0 Å². The maximum atomic E-state index is 6.89. The first kappa shape index (κ1) is 31.5. The Bertz CT molecular complexity index is 2820. The second-order valence-corrected chi connectivity index (χ2v) is 13.5. The maximum absolute atomic E-state index is 6.89. The molecule has 0 unspecified atom stereocenters. The molecule has 0 spiro atoms. The third kappa shape index (κ3) is 5.60. The van der Waals surface area contributed by atoms with Gasteiger partial charge in [-0.15, -0.1) is 0 Å². The lowest BCUT2D eigenvalue weighted by atomic mass is 9.96. The van der Waals surface area contributed by atoms with Gasteiger partial charge in [0.05, 0.1) is 16.9 Å². The van der Waals surface area contributed by atoms with Crippen LogP contribution in [0.15, 0.2) is 211 Å². The zero-order valence-corrected chi connectivity index (χ0v) is 29.4. The van der Waals surface area contributed by atoms with Crippen LogP contribution in [-0.2, 0) is 0 Å². The monoisotopic (exact) mass is 690 g/mol. The van der Waals surface area contributed by atoms with Gasteiger partial charge in [0.15, 0.2) is 5.58 Å². The zero-order valence-electron chi connectivity index (χ0n) is 29.4. The largest absolute Gasteiger partial charge is 0.454 e. The molecule has 0 N–H and O–H groups in total. The number of aromatic nitrogens is 1. The molecule has 0 fully saturated rings. The first-order chi connectivity index (χ1) is 26.8. The Morgan fingerprint density at radius 1 is 0.389 bits per heavy atom. The molecule has 54 heavy (non-hydrogen) atoms. The van der Waals surface area contributed by atoms with Crippen LogP contribution >= 0.6 is 0 Å². The first-order valence-electron chi connectivity index (χ1n) is 18.3. The number of hydrogen-bond acceptors (Lipinski definition) is 3. The summed E-state index contributed by atoms with van der Waals surface area (Å²) < 4.78 is 6.89. The van der Waals surface area contributed by atoms with Gasteiger partial charge in [0.1, 0.15) is 5.58 Å². The van der Waals surface area contributed by atoms with Crippen molar-refractivity contribution < 1.29 is 4.42 Å². The van der Waals surface area contributed by atoms with Gasteiger partial charge in [-0.25, -0.2) is 4.98 Å². The van der Waals surface area contributed by atoms with Crippen LogP contribution in [0.25, 0.3) is 77.5 Å². The molecular formula is C51H34N2O. The smallest absolute Gasteiger partial charge is 0.160 e. The lowest BCUT2D eigenvalue weighted by Crippen LogP contribution is -2.10. The zero-order chi connectivity index (χ0) is 35.8. The standard InChI is InChI=1S/C51H34N2O/c1-4-14-35(15-5-1)37-24-28-40(29-25-37)53(41-30-26-38(27-31-41)36-16-6-2-7-17-36)48-33-32-43(50-44-21-11-13-23-49(44)54-51(48)50)47-34-45(39-18-8-3-9-19-39)42-20-10-12-22-46(42)52-47/h1-34H. The highest BCUT2D eigenvalue weighted by Gasteiger charge is 2.23. The average Bonchev–Trinajstić information content (AvgIpc) is 3.65. The van der Waals surface area contributed by atoms with Crippen molar-refractivity contribution >= 4 is 49.9 Å². The number of benzene rings is 8. The van der Waals surface area contributed by atoms with E-state index in [2.05, 4.69) is 205 Å².